The third kappa shape index (κ3) is 13.8. The Labute approximate surface area is 198 Å². The maximum atomic E-state index is 12.4. The summed E-state index contributed by atoms with van der Waals surface area (Å²) in [6.45, 7) is 8.04. The molecule has 2 fully saturated rings. The molecule has 0 unspecified atom stereocenters. The fourth-order valence-corrected chi connectivity index (χ4v) is 3.61. The van der Waals surface area contributed by atoms with Gasteiger partial charge in [-0.05, 0) is 78.1 Å². The number of hydrogen-bond donors (Lipinski definition) is 0. The van der Waals surface area contributed by atoms with Crippen molar-refractivity contribution in [2.75, 3.05) is 13.2 Å². The number of benzene rings is 1. The molecule has 5 heteroatoms. The van der Waals surface area contributed by atoms with Crippen LogP contribution in [0.4, 0.5) is 0 Å². The summed E-state index contributed by atoms with van der Waals surface area (Å²) >= 11 is 0. The van der Waals surface area contributed by atoms with E-state index in [0.717, 1.165) is 11.1 Å². The Morgan fingerprint density at radius 3 is 1.52 bits per heavy atom. The summed E-state index contributed by atoms with van der Waals surface area (Å²) < 4.78 is 22.7. The molecule has 10 radical (unpaired) electrons. The van der Waals surface area contributed by atoms with Crippen LogP contribution in [0.5, 0.6) is 0 Å². The Hall–Kier alpha value is -0.00688. The molecule has 2 saturated carbocycles. The topological polar surface area (TPSA) is 35.5 Å². The molecule has 0 atom stereocenters. The summed E-state index contributed by atoms with van der Waals surface area (Å²) in [7, 11) is -3.28. The average molecular weight is 488 g/mol. The van der Waals surface area contributed by atoms with Crippen LogP contribution in [0.25, 0.3) is 5.57 Å². The summed E-state index contributed by atoms with van der Waals surface area (Å²) in [5, 5.41) is 0. The molecule has 0 aliphatic heterocycles. The van der Waals surface area contributed by atoms with E-state index in [0.29, 0.717) is 19.6 Å². The van der Waals surface area contributed by atoms with E-state index in [2.05, 4.69) is 12.7 Å². The number of allylic oxidation sites excluding steroid dienone is 1. The first-order chi connectivity index (χ1) is 13.6. The molecular weight excluding hydrogens is 458 g/mol. The zero-order valence-corrected chi connectivity index (χ0v) is 20.5. The van der Waals surface area contributed by atoms with Crippen LogP contribution < -0.4 is 0 Å². The Morgan fingerprint density at radius 2 is 1.21 bits per heavy atom. The van der Waals surface area contributed by atoms with Crippen LogP contribution in [-0.4, -0.2) is 13.2 Å². The maximum Gasteiger partial charge on any atom is 4.00 e. The van der Waals surface area contributed by atoms with Crippen molar-refractivity contribution < 1.29 is 39.8 Å². The maximum absolute atomic E-state index is 12.4. The van der Waals surface area contributed by atoms with E-state index >= 15 is 0 Å². The van der Waals surface area contributed by atoms with Crippen molar-refractivity contribution in [2.24, 2.45) is 0 Å². The third-order valence-corrected chi connectivity index (χ3v) is 5.09. The minimum atomic E-state index is -3.28. The summed E-state index contributed by atoms with van der Waals surface area (Å²) in [5.74, 6) is 2.86. The second kappa shape index (κ2) is 18.7. The second-order valence-corrected chi connectivity index (χ2v) is 7.20. The zero-order chi connectivity index (χ0) is 20.5. The first-order valence-corrected chi connectivity index (χ1v) is 10.9. The van der Waals surface area contributed by atoms with Gasteiger partial charge in [-0.1, -0.05) is 18.2 Å². The first-order valence-electron chi connectivity index (χ1n) is 9.36. The summed E-state index contributed by atoms with van der Waals surface area (Å²) in [4.78, 5) is 0. The van der Waals surface area contributed by atoms with Crippen molar-refractivity contribution in [3.63, 3.8) is 0 Å². The molecule has 29 heavy (non-hydrogen) atoms. The van der Waals surface area contributed by atoms with Gasteiger partial charge in [0.15, 0.2) is 0 Å². The van der Waals surface area contributed by atoms with E-state index in [1.165, 1.54) is 0 Å². The number of rotatable bonds is 7. The molecule has 2 aliphatic carbocycles. The molecule has 0 bridgehead atoms. The van der Waals surface area contributed by atoms with E-state index in [1.54, 1.807) is 13.8 Å². The van der Waals surface area contributed by atoms with Crippen LogP contribution in [0, 0.1) is 76.9 Å². The smallest absolute Gasteiger partial charge is 0.342 e. The normalized spacial score (nSPS) is 16.2. The Kier molecular flexibility index (Phi) is 18.7. The van der Waals surface area contributed by atoms with Gasteiger partial charge in [0.2, 0.25) is 0 Å². The van der Waals surface area contributed by atoms with Crippen LogP contribution in [0.3, 0.4) is 0 Å². The van der Waals surface area contributed by atoms with Gasteiger partial charge in [0.1, 0.15) is 0 Å². The van der Waals surface area contributed by atoms with Crippen molar-refractivity contribution >= 4 is 13.2 Å². The van der Waals surface area contributed by atoms with Crippen LogP contribution in [0.15, 0.2) is 30.3 Å². The van der Waals surface area contributed by atoms with Crippen molar-refractivity contribution in [3.8, 4) is 0 Å². The van der Waals surface area contributed by atoms with E-state index in [1.807, 2.05) is 94.5 Å². The molecule has 150 valence electrons. The monoisotopic (exact) mass is 486 g/mol. The van der Waals surface area contributed by atoms with E-state index in [-0.39, 0.29) is 26.2 Å². The van der Waals surface area contributed by atoms with Crippen LogP contribution in [0.1, 0.15) is 25.8 Å². The Balaban J connectivity index is 0.000000575. The molecular formula is C24H29O3PZr+2. The minimum absolute atomic E-state index is 0. The van der Waals surface area contributed by atoms with Crippen LogP contribution >= 0.6 is 7.60 Å². The zero-order valence-electron chi connectivity index (χ0n) is 17.2. The molecule has 0 heterocycles. The summed E-state index contributed by atoms with van der Waals surface area (Å²) in [6.07, 6.45) is 20.5. The van der Waals surface area contributed by atoms with E-state index in [4.69, 9.17) is 9.05 Å². The van der Waals surface area contributed by atoms with Gasteiger partial charge in [0.25, 0.3) is 7.60 Å². The van der Waals surface area contributed by atoms with Gasteiger partial charge in [-0.3, -0.25) is 4.57 Å². The molecule has 0 aromatic heterocycles. The van der Waals surface area contributed by atoms with Crippen molar-refractivity contribution in [1.29, 1.82) is 0 Å². The molecule has 1 aromatic carbocycles. The van der Waals surface area contributed by atoms with Gasteiger partial charge in [-0.2, -0.15) is 12.0 Å². The average Bonchev–Trinajstić information content (AvgIpc) is 3.46. The predicted octanol–water partition coefficient (Wildman–Crippen LogP) is 6.36. The molecule has 0 spiro atoms. The second-order valence-electron chi connectivity index (χ2n) is 5.46. The van der Waals surface area contributed by atoms with Gasteiger partial charge in [0, 0.05) is 0 Å². The SMILES string of the molecule is [CH2-]CC(=[C-]P(=O)(OCC)OCC)c1ccccc1.[CH]1[CH][CH][CH][CH]1.[CH]1[CH][CH][CH][CH]1.[Zr+4]. The van der Waals surface area contributed by atoms with Crippen molar-refractivity contribution in [1.82, 2.24) is 0 Å². The van der Waals surface area contributed by atoms with Gasteiger partial charge >= 0.3 is 26.2 Å². The standard InChI is InChI=1S/C14H19O3P.2C5H5.Zr/c1-4-13(14-10-8-7-9-11-14)12-18(15,16-5-2)17-6-3;2*1-2-4-5-3-1;/h7-11H,1,4-6H2,2-3H3;2*1-5H;/q-2;;;+4. The molecule has 3 nitrogen and oxygen atoms in total. The summed E-state index contributed by atoms with van der Waals surface area (Å²) in [5.41, 5.74) is 1.69. The molecule has 2 aliphatic rings. The Bertz CT molecular complexity index is 532. The van der Waals surface area contributed by atoms with Gasteiger partial charge in [-0.25, -0.2) is 5.57 Å². The van der Waals surface area contributed by atoms with E-state index < -0.39 is 7.60 Å². The predicted molar refractivity (Wildman–Crippen MR) is 117 cm³/mol. The fraction of sp³-hybridized carbons (Fsp3) is 0.208. The molecule has 0 amide bonds. The van der Waals surface area contributed by atoms with Gasteiger partial charge < -0.3 is 16.0 Å². The van der Waals surface area contributed by atoms with Crippen molar-refractivity contribution in [2.45, 2.75) is 20.3 Å². The molecule has 3 rings (SSSR count). The van der Waals surface area contributed by atoms with Crippen LogP contribution in [-0.2, 0) is 39.8 Å². The molecule has 1 aromatic rings. The van der Waals surface area contributed by atoms with Crippen LogP contribution in [0.2, 0.25) is 0 Å². The Morgan fingerprint density at radius 1 is 0.828 bits per heavy atom. The quantitative estimate of drug-likeness (QED) is 0.332. The van der Waals surface area contributed by atoms with Crippen molar-refractivity contribution in [3.05, 3.63) is 113 Å². The molecule has 0 saturated heterocycles. The van der Waals surface area contributed by atoms with Gasteiger partial charge in [0.05, 0.1) is 13.2 Å². The summed E-state index contributed by atoms with van der Waals surface area (Å²) in [6, 6.07) is 9.61. The van der Waals surface area contributed by atoms with E-state index in [9.17, 15) is 4.57 Å². The fourth-order valence-electron chi connectivity index (χ4n) is 2.15. The minimum Gasteiger partial charge on any atom is -0.342 e. The number of hydrogen-bond acceptors (Lipinski definition) is 3. The first kappa shape index (κ1) is 29.0. The molecule has 0 N–H and O–H groups in total. The third-order valence-electron chi connectivity index (χ3n) is 3.35. The largest absolute Gasteiger partial charge is 4.00 e. The van der Waals surface area contributed by atoms with Gasteiger partial charge in [-0.15, -0.1) is 17.9 Å².